The molecule has 2 atom stereocenters. The van der Waals surface area contributed by atoms with Gasteiger partial charge in [0.1, 0.15) is 0 Å². The molecular weight excluding hydrogens is 362 g/mol. The van der Waals surface area contributed by atoms with E-state index < -0.39 is 10.4 Å². The van der Waals surface area contributed by atoms with Gasteiger partial charge in [-0.15, -0.1) is 11.3 Å². The van der Waals surface area contributed by atoms with Gasteiger partial charge in [0, 0.05) is 17.5 Å². The highest BCUT2D eigenvalue weighted by molar-refractivity contribution is 7.79. The summed E-state index contributed by atoms with van der Waals surface area (Å²) < 4.78 is 31.6. The first-order chi connectivity index (χ1) is 11.8. The van der Waals surface area contributed by atoms with E-state index in [1.165, 1.54) is 57.3 Å². The second-order valence-electron chi connectivity index (χ2n) is 6.68. The third kappa shape index (κ3) is 6.49. The Morgan fingerprint density at radius 3 is 2.64 bits per heavy atom. The van der Waals surface area contributed by atoms with Gasteiger partial charge in [0.2, 0.25) is 0 Å². The summed E-state index contributed by atoms with van der Waals surface area (Å²) >= 11 is 1.90. The van der Waals surface area contributed by atoms with E-state index in [-0.39, 0.29) is 0 Å². The monoisotopic (exact) mass is 391 g/mol. The smallest absolute Gasteiger partial charge is 0.362 e. The van der Waals surface area contributed by atoms with Crippen LogP contribution in [0.2, 0.25) is 0 Å². The molecular formula is C16H29N3O4S2. The number of nitrogens with zero attached hydrogens (tertiary/aromatic N) is 2. The molecule has 0 bridgehead atoms. The number of piperidine rings is 1. The van der Waals surface area contributed by atoms with E-state index in [1.807, 2.05) is 11.3 Å². The Morgan fingerprint density at radius 1 is 1.28 bits per heavy atom. The van der Waals surface area contributed by atoms with Crippen LogP contribution in [0.15, 0.2) is 0 Å². The summed E-state index contributed by atoms with van der Waals surface area (Å²) in [4.78, 5) is 9.13. The van der Waals surface area contributed by atoms with Gasteiger partial charge in [-0.1, -0.05) is 13.8 Å². The minimum Gasteiger partial charge on any atom is -0.362 e. The molecule has 25 heavy (non-hydrogen) atoms. The second-order valence-corrected chi connectivity index (χ2v) is 8.66. The van der Waals surface area contributed by atoms with Crippen molar-refractivity contribution in [3.63, 3.8) is 0 Å². The molecule has 7 nitrogen and oxygen atoms in total. The molecule has 1 aromatic heterocycles. The first-order valence-electron chi connectivity index (χ1n) is 8.98. The van der Waals surface area contributed by atoms with Crippen LogP contribution in [0.3, 0.4) is 0 Å². The maximum Gasteiger partial charge on any atom is 0.394 e. The molecule has 2 aliphatic rings. The molecule has 0 unspecified atom stereocenters. The van der Waals surface area contributed by atoms with Crippen molar-refractivity contribution in [3.05, 3.63) is 10.6 Å². The predicted octanol–water partition coefficient (Wildman–Crippen LogP) is 2.90. The van der Waals surface area contributed by atoms with Gasteiger partial charge in [-0.25, -0.2) is 4.98 Å². The van der Waals surface area contributed by atoms with Crippen molar-refractivity contribution in [2.75, 3.05) is 25.0 Å². The normalized spacial score (nSPS) is 23.2. The van der Waals surface area contributed by atoms with Gasteiger partial charge < -0.3 is 5.32 Å². The number of likely N-dealkylation sites (tertiary alicyclic amines) is 1. The van der Waals surface area contributed by atoms with Crippen LogP contribution in [-0.4, -0.2) is 53.1 Å². The van der Waals surface area contributed by atoms with Crippen molar-refractivity contribution < 1.29 is 17.5 Å². The second kappa shape index (κ2) is 9.27. The van der Waals surface area contributed by atoms with Crippen LogP contribution in [0.4, 0.5) is 5.13 Å². The number of aromatic nitrogens is 1. The summed E-state index contributed by atoms with van der Waals surface area (Å²) in [5.41, 5.74) is 1.40. The maximum atomic E-state index is 8.74. The number of anilines is 1. The third-order valence-corrected chi connectivity index (χ3v) is 5.78. The molecule has 2 heterocycles. The van der Waals surface area contributed by atoms with E-state index in [4.69, 9.17) is 22.5 Å². The average molecular weight is 392 g/mol. The summed E-state index contributed by atoms with van der Waals surface area (Å²) in [5, 5.41) is 4.61. The summed E-state index contributed by atoms with van der Waals surface area (Å²) in [7, 11) is -4.67. The summed E-state index contributed by atoms with van der Waals surface area (Å²) in [6.45, 7) is 8.14. The maximum absolute atomic E-state index is 8.74. The van der Waals surface area contributed by atoms with E-state index in [0.717, 1.165) is 23.6 Å². The third-order valence-electron chi connectivity index (χ3n) is 4.70. The van der Waals surface area contributed by atoms with Crippen molar-refractivity contribution >= 4 is 26.9 Å². The fourth-order valence-electron chi connectivity index (χ4n) is 3.76. The van der Waals surface area contributed by atoms with E-state index in [2.05, 4.69) is 24.1 Å². The lowest BCUT2D eigenvalue weighted by Gasteiger charge is -2.43. The zero-order chi connectivity index (χ0) is 18.4. The molecule has 0 amide bonds. The average Bonchev–Trinajstić information content (AvgIpc) is 2.91. The minimum absolute atomic E-state index is 0.788. The molecule has 1 aliphatic heterocycles. The van der Waals surface area contributed by atoms with Crippen molar-refractivity contribution in [2.24, 2.45) is 5.92 Å². The molecule has 3 rings (SSSR count). The Morgan fingerprint density at radius 2 is 2.00 bits per heavy atom. The number of fused-ring (bicyclic) bond motifs is 2. The van der Waals surface area contributed by atoms with Gasteiger partial charge >= 0.3 is 10.4 Å². The number of rotatable bonds is 5. The lowest BCUT2D eigenvalue weighted by Crippen LogP contribution is -2.49. The Labute approximate surface area is 154 Å². The Hall–Kier alpha value is -0.740. The summed E-state index contributed by atoms with van der Waals surface area (Å²) in [5.74, 6) is 0.851. The van der Waals surface area contributed by atoms with Crippen molar-refractivity contribution in [3.8, 4) is 0 Å². The van der Waals surface area contributed by atoms with Gasteiger partial charge in [-0.05, 0) is 57.5 Å². The first kappa shape index (κ1) is 20.6. The number of nitrogens with one attached hydrogen (secondary N) is 1. The van der Waals surface area contributed by atoms with Gasteiger partial charge in [-0.3, -0.25) is 14.0 Å². The molecule has 3 N–H and O–H groups in total. The Kier molecular flexibility index (Phi) is 7.63. The molecule has 0 aromatic carbocycles. The number of hydrogen-bond acceptors (Lipinski definition) is 6. The predicted molar refractivity (Wildman–Crippen MR) is 101 cm³/mol. The molecule has 1 aromatic rings. The van der Waals surface area contributed by atoms with Gasteiger partial charge in [-0.2, -0.15) is 8.42 Å². The fourth-order valence-corrected chi connectivity index (χ4v) is 4.82. The van der Waals surface area contributed by atoms with Gasteiger partial charge in [0.25, 0.3) is 0 Å². The molecule has 1 fully saturated rings. The van der Waals surface area contributed by atoms with Crippen LogP contribution in [0.25, 0.3) is 0 Å². The lowest BCUT2D eigenvalue weighted by molar-refractivity contribution is 0.0857. The van der Waals surface area contributed by atoms with E-state index in [9.17, 15) is 0 Å². The van der Waals surface area contributed by atoms with Crippen LogP contribution >= 0.6 is 11.3 Å². The number of thiazole rings is 1. The molecule has 0 saturated carbocycles. The van der Waals surface area contributed by atoms with Crippen LogP contribution in [0.5, 0.6) is 0 Å². The molecule has 1 saturated heterocycles. The highest BCUT2D eigenvalue weighted by atomic mass is 32.3. The first-order valence-corrected chi connectivity index (χ1v) is 11.2. The quantitative estimate of drug-likeness (QED) is 0.663. The Bertz CT molecular complexity index is 638. The SMILES string of the molecule is CCCNc1nc2c(s1)C[C@@H]1[C@H](CCCN1CCC)C2.O=S(=O)(O)O. The van der Waals surface area contributed by atoms with Crippen molar-refractivity contribution in [1.82, 2.24) is 9.88 Å². The highest BCUT2D eigenvalue weighted by Gasteiger charge is 2.36. The van der Waals surface area contributed by atoms with E-state index in [1.54, 1.807) is 4.88 Å². The lowest BCUT2D eigenvalue weighted by atomic mass is 9.79. The molecule has 1 aliphatic carbocycles. The van der Waals surface area contributed by atoms with Gasteiger partial charge in [0.15, 0.2) is 5.13 Å². The molecule has 0 radical (unpaired) electrons. The largest absolute Gasteiger partial charge is 0.394 e. The molecule has 0 spiro atoms. The van der Waals surface area contributed by atoms with Crippen molar-refractivity contribution in [2.45, 2.75) is 58.4 Å². The fraction of sp³-hybridized carbons (Fsp3) is 0.812. The number of hydrogen-bond donors (Lipinski definition) is 3. The molecule has 9 heteroatoms. The van der Waals surface area contributed by atoms with E-state index in [0.29, 0.717) is 0 Å². The molecule has 144 valence electrons. The minimum atomic E-state index is -4.67. The van der Waals surface area contributed by atoms with Crippen LogP contribution in [0.1, 0.15) is 50.1 Å². The standard InChI is InChI=1S/C16H27N3S.H2O4S/c1-3-7-17-16-18-13-10-12-6-5-9-19(8-4-2)14(12)11-15(13)20-16;1-5(2,3)4/h12,14H,3-11H2,1-2H3,(H,17,18);(H2,1,2,3,4)/t12-,14-;/m1./s1. The summed E-state index contributed by atoms with van der Waals surface area (Å²) in [6, 6.07) is 0.788. The highest BCUT2D eigenvalue weighted by Crippen LogP contribution is 2.38. The van der Waals surface area contributed by atoms with Crippen LogP contribution in [0, 0.1) is 5.92 Å². The Balaban J connectivity index is 0.000000399. The zero-order valence-electron chi connectivity index (χ0n) is 14.9. The van der Waals surface area contributed by atoms with Crippen LogP contribution in [-0.2, 0) is 23.2 Å². The van der Waals surface area contributed by atoms with E-state index >= 15 is 0 Å². The van der Waals surface area contributed by atoms with Gasteiger partial charge in [0.05, 0.1) is 5.69 Å². The van der Waals surface area contributed by atoms with Crippen molar-refractivity contribution in [1.29, 1.82) is 0 Å². The van der Waals surface area contributed by atoms with Crippen LogP contribution < -0.4 is 5.32 Å². The zero-order valence-corrected chi connectivity index (χ0v) is 16.6. The topological polar surface area (TPSA) is 103 Å². The summed E-state index contributed by atoms with van der Waals surface area (Å²) in [6.07, 6.45) is 7.68.